The highest BCUT2D eigenvalue weighted by Crippen LogP contribution is 2.15. The van der Waals surface area contributed by atoms with E-state index in [2.05, 4.69) is 32.3 Å². The molecule has 0 N–H and O–H groups in total. The van der Waals surface area contributed by atoms with Crippen molar-refractivity contribution < 1.29 is 0 Å². The first-order valence-corrected chi connectivity index (χ1v) is 7.04. The van der Waals surface area contributed by atoms with Gasteiger partial charge >= 0.3 is 0 Å². The van der Waals surface area contributed by atoms with Crippen LogP contribution in [-0.4, -0.2) is 36.7 Å². The van der Waals surface area contributed by atoms with E-state index in [1.54, 1.807) is 10.9 Å². The topological polar surface area (TPSA) is 59.7 Å². The Bertz CT molecular complexity index is 553. The summed E-state index contributed by atoms with van der Waals surface area (Å²) >= 11 is 5.52. The van der Waals surface area contributed by atoms with Gasteiger partial charge in [-0.25, -0.2) is 4.68 Å². The average Bonchev–Trinajstić information content (AvgIpc) is 2.86. The molecule has 20 heavy (non-hydrogen) atoms. The van der Waals surface area contributed by atoms with E-state index < -0.39 is 0 Å². The fraction of sp³-hybridized carbons (Fsp3) is 0.462. The van der Waals surface area contributed by atoms with E-state index in [0.717, 1.165) is 42.3 Å². The van der Waals surface area contributed by atoms with Crippen molar-refractivity contribution in [2.45, 2.75) is 26.2 Å². The molecule has 0 aliphatic heterocycles. The molecule has 0 aliphatic carbocycles. The van der Waals surface area contributed by atoms with E-state index in [0.29, 0.717) is 0 Å². The summed E-state index contributed by atoms with van der Waals surface area (Å²) in [6, 6.07) is 3.95. The number of nitrogens with zero attached hydrogens (tertiary/aromatic N) is 6. The van der Waals surface area contributed by atoms with Gasteiger partial charge in [0.05, 0.1) is 16.9 Å². The quantitative estimate of drug-likeness (QED) is 0.756. The van der Waals surface area contributed by atoms with Crippen LogP contribution in [0.2, 0.25) is 0 Å². The molecule has 2 heterocycles. The smallest absolute Gasteiger partial charge is 0.150 e. The molecule has 0 saturated heterocycles. The molecule has 106 valence electrons. The maximum absolute atomic E-state index is 5.52. The minimum Gasteiger partial charge on any atom is -0.335 e. The summed E-state index contributed by atoms with van der Waals surface area (Å²) in [5, 5.41) is 11.4. The summed E-state index contributed by atoms with van der Waals surface area (Å²) < 4.78 is 1.70. The molecule has 6 nitrogen and oxygen atoms in total. The molecule has 2 aromatic rings. The SMILES string of the molecule is CCN(C(=S)CCCc1nnnn1C)c1cccnc1. The highest BCUT2D eigenvalue weighted by Gasteiger charge is 2.10. The van der Waals surface area contributed by atoms with Gasteiger partial charge in [-0.05, 0) is 42.3 Å². The molecule has 0 bridgehead atoms. The minimum absolute atomic E-state index is 0.828. The highest BCUT2D eigenvalue weighted by molar-refractivity contribution is 7.80. The van der Waals surface area contributed by atoms with Crippen LogP contribution < -0.4 is 4.90 Å². The van der Waals surface area contributed by atoms with Gasteiger partial charge in [0.15, 0.2) is 5.82 Å². The molecule has 0 atom stereocenters. The molecular weight excluding hydrogens is 272 g/mol. The summed E-state index contributed by atoms with van der Waals surface area (Å²) in [4.78, 5) is 7.17. The van der Waals surface area contributed by atoms with Gasteiger partial charge in [0, 0.05) is 26.2 Å². The number of anilines is 1. The normalized spacial score (nSPS) is 10.5. The first-order valence-electron chi connectivity index (χ1n) is 6.64. The Kier molecular flexibility index (Phi) is 5.11. The van der Waals surface area contributed by atoms with Crippen molar-refractivity contribution in [2.75, 3.05) is 11.4 Å². The molecule has 2 rings (SSSR count). The number of hydrogen-bond acceptors (Lipinski definition) is 5. The van der Waals surface area contributed by atoms with Crippen LogP contribution in [0, 0.1) is 0 Å². The van der Waals surface area contributed by atoms with Gasteiger partial charge in [-0.3, -0.25) is 4.98 Å². The number of rotatable bonds is 6. The summed E-state index contributed by atoms with van der Waals surface area (Å²) in [6.45, 7) is 2.93. The van der Waals surface area contributed by atoms with E-state index in [1.165, 1.54) is 0 Å². The average molecular weight is 290 g/mol. The lowest BCUT2D eigenvalue weighted by atomic mass is 10.2. The van der Waals surface area contributed by atoms with Crippen LogP contribution in [0.15, 0.2) is 24.5 Å². The molecular formula is C13H18N6S. The van der Waals surface area contributed by atoms with Gasteiger partial charge in [0.1, 0.15) is 0 Å². The van der Waals surface area contributed by atoms with Crippen molar-refractivity contribution in [3.63, 3.8) is 0 Å². The number of hydrogen-bond donors (Lipinski definition) is 0. The molecule has 0 aliphatic rings. The van der Waals surface area contributed by atoms with Crippen molar-refractivity contribution in [3.8, 4) is 0 Å². The molecule has 7 heteroatoms. The van der Waals surface area contributed by atoms with Crippen LogP contribution >= 0.6 is 12.2 Å². The molecule has 0 amide bonds. The standard InChI is InChI=1S/C13H18N6S/c1-3-19(11-6-5-9-14-10-11)13(20)8-4-7-12-15-16-17-18(12)2/h5-6,9-10H,3-4,7-8H2,1-2H3. The van der Waals surface area contributed by atoms with Gasteiger partial charge in [-0.15, -0.1) is 5.10 Å². The first kappa shape index (κ1) is 14.5. The Morgan fingerprint density at radius 1 is 1.45 bits per heavy atom. The van der Waals surface area contributed by atoms with Gasteiger partial charge in [0.25, 0.3) is 0 Å². The number of thiocarbonyl (C=S) groups is 1. The van der Waals surface area contributed by atoms with Crippen LogP contribution in [0.3, 0.4) is 0 Å². The van der Waals surface area contributed by atoms with E-state index in [-0.39, 0.29) is 0 Å². The third-order valence-electron chi connectivity index (χ3n) is 3.07. The largest absolute Gasteiger partial charge is 0.335 e. The van der Waals surface area contributed by atoms with Crippen molar-refractivity contribution >= 4 is 22.9 Å². The Hall–Kier alpha value is -1.89. The van der Waals surface area contributed by atoms with Gasteiger partial charge in [-0.2, -0.15) is 0 Å². The van der Waals surface area contributed by atoms with Crippen LogP contribution in [0.25, 0.3) is 0 Å². The first-order chi connectivity index (χ1) is 9.72. The minimum atomic E-state index is 0.828. The summed E-state index contributed by atoms with van der Waals surface area (Å²) in [5.74, 6) is 0.886. The number of tetrazole rings is 1. The van der Waals surface area contributed by atoms with Gasteiger partial charge in [0.2, 0.25) is 0 Å². The molecule has 0 unspecified atom stereocenters. The zero-order chi connectivity index (χ0) is 14.4. The zero-order valence-corrected chi connectivity index (χ0v) is 12.5. The van der Waals surface area contributed by atoms with Crippen LogP contribution in [-0.2, 0) is 13.5 Å². The van der Waals surface area contributed by atoms with Crippen LogP contribution in [0.1, 0.15) is 25.6 Å². The van der Waals surface area contributed by atoms with Crippen LogP contribution in [0.4, 0.5) is 5.69 Å². The lowest BCUT2D eigenvalue weighted by Crippen LogP contribution is -2.29. The molecule has 0 fully saturated rings. The molecule has 0 radical (unpaired) electrons. The number of aryl methyl sites for hydroxylation is 2. The lowest BCUT2D eigenvalue weighted by molar-refractivity contribution is 0.663. The second-order valence-electron chi connectivity index (χ2n) is 4.42. The predicted molar refractivity (Wildman–Crippen MR) is 81.6 cm³/mol. The van der Waals surface area contributed by atoms with E-state index in [9.17, 15) is 0 Å². The van der Waals surface area contributed by atoms with Crippen LogP contribution in [0.5, 0.6) is 0 Å². The maximum atomic E-state index is 5.52. The van der Waals surface area contributed by atoms with E-state index >= 15 is 0 Å². The molecule has 0 saturated carbocycles. The predicted octanol–water partition coefficient (Wildman–Crippen LogP) is 1.78. The second-order valence-corrected chi connectivity index (χ2v) is 4.89. The Morgan fingerprint density at radius 2 is 2.30 bits per heavy atom. The number of aromatic nitrogens is 5. The molecule has 0 spiro atoms. The second kappa shape index (κ2) is 7.04. The highest BCUT2D eigenvalue weighted by atomic mass is 32.1. The Balaban J connectivity index is 1.89. The fourth-order valence-corrected chi connectivity index (χ4v) is 2.39. The lowest BCUT2D eigenvalue weighted by Gasteiger charge is -2.23. The van der Waals surface area contributed by atoms with E-state index in [4.69, 9.17) is 12.2 Å². The third-order valence-corrected chi connectivity index (χ3v) is 3.50. The third kappa shape index (κ3) is 3.57. The Morgan fingerprint density at radius 3 is 2.90 bits per heavy atom. The molecule has 2 aromatic heterocycles. The molecule has 0 aromatic carbocycles. The van der Waals surface area contributed by atoms with Crippen molar-refractivity contribution in [1.82, 2.24) is 25.2 Å². The maximum Gasteiger partial charge on any atom is 0.150 e. The summed E-state index contributed by atoms with van der Waals surface area (Å²) in [6.07, 6.45) is 6.20. The van der Waals surface area contributed by atoms with Gasteiger partial charge < -0.3 is 4.90 Å². The zero-order valence-electron chi connectivity index (χ0n) is 11.7. The van der Waals surface area contributed by atoms with Crippen molar-refractivity contribution in [1.29, 1.82) is 0 Å². The van der Waals surface area contributed by atoms with Gasteiger partial charge in [-0.1, -0.05) is 12.2 Å². The van der Waals surface area contributed by atoms with Crippen molar-refractivity contribution in [3.05, 3.63) is 30.4 Å². The number of pyridine rings is 1. The summed E-state index contributed by atoms with van der Waals surface area (Å²) in [7, 11) is 1.85. The Labute approximate surface area is 123 Å². The summed E-state index contributed by atoms with van der Waals surface area (Å²) in [5.41, 5.74) is 1.04. The fourth-order valence-electron chi connectivity index (χ4n) is 2.01. The van der Waals surface area contributed by atoms with E-state index in [1.807, 2.05) is 25.4 Å². The monoisotopic (exact) mass is 290 g/mol. The van der Waals surface area contributed by atoms with Crippen molar-refractivity contribution in [2.24, 2.45) is 7.05 Å².